The van der Waals surface area contributed by atoms with Crippen LogP contribution in [0.5, 0.6) is 5.88 Å². The number of carboxylic acid groups (broad SMARTS) is 1. The fourth-order valence-electron chi connectivity index (χ4n) is 4.86. The van der Waals surface area contributed by atoms with Gasteiger partial charge in [0.05, 0.1) is 12.1 Å². The van der Waals surface area contributed by atoms with Crippen LogP contribution in [0.15, 0.2) is 36.4 Å². The number of nitrogens with zero attached hydrogens (tertiary/aromatic N) is 5. The molecule has 0 aromatic carbocycles. The molecule has 2 N–H and O–H groups in total. The molecule has 2 amide bonds. The first-order valence-corrected chi connectivity index (χ1v) is 14.9. The van der Waals surface area contributed by atoms with Crippen molar-refractivity contribution in [3.05, 3.63) is 36.4 Å². The van der Waals surface area contributed by atoms with Crippen LogP contribution in [0, 0.1) is 0 Å². The molecular weight excluding hydrogens is 560 g/mol. The molecule has 0 spiro atoms. The molecule has 3 aromatic rings. The third-order valence-electron chi connectivity index (χ3n) is 6.82. The fraction of sp³-hybridized carbons (Fsp3) is 0.517. The number of fused-ring (bicyclic) bond motifs is 1. The van der Waals surface area contributed by atoms with Gasteiger partial charge in [-0.05, 0) is 57.5 Å². The van der Waals surface area contributed by atoms with Crippen LogP contribution in [0.2, 0.25) is 0 Å². The second-order valence-corrected chi connectivity index (χ2v) is 12.2. The Morgan fingerprint density at radius 1 is 1.24 bits per heavy atom. The van der Waals surface area contributed by atoms with E-state index in [0.29, 0.717) is 35.8 Å². The van der Waals surface area contributed by atoms with Crippen molar-refractivity contribution >= 4 is 39.5 Å². The SMILES string of the molecule is C=CCCCCCC(NC(=O)OC(C)(C)C)C(=O)N1CC(Oc2nc(-c3ccnn3C)nc3ccsc23)CC1C(=O)O. The van der Waals surface area contributed by atoms with Crippen LogP contribution in [-0.4, -0.2) is 78.1 Å². The summed E-state index contributed by atoms with van der Waals surface area (Å²) in [5.41, 5.74) is 0.639. The number of carbonyl (C=O) groups excluding carboxylic acids is 2. The van der Waals surface area contributed by atoms with Gasteiger partial charge < -0.3 is 24.8 Å². The topological polar surface area (TPSA) is 149 Å². The predicted molar refractivity (Wildman–Crippen MR) is 158 cm³/mol. The molecule has 226 valence electrons. The van der Waals surface area contributed by atoms with Gasteiger partial charge in [0, 0.05) is 19.7 Å². The number of alkyl carbamates (subject to hydrolysis) is 1. The Balaban J connectivity index is 1.54. The normalized spacial score (nSPS) is 17.7. The number of amides is 2. The summed E-state index contributed by atoms with van der Waals surface area (Å²) in [7, 11) is 1.79. The molecule has 3 unspecified atom stereocenters. The lowest BCUT2D eigenvalue weighted by Crippen LogP contribution is -2.52. The molecule has 4 rings (SSSR count). The summed E-state index contributed by atoms with van der Waals surface area (Å²) in [5.74, 6) is -0.881. The monoisotopic (exact) mass is 598 g/mol. The molecule has 1 aliphatic rings. The molecule has 3 aromatic heterocycles. The lowest BCUT2D eigenvalue weighted by Gasteiger charge is -2.28. The maximum Gasteiger partial charge on any atom is 0.408 e. The van der Waals surface area contributed by atoms with Gasteiger partial charge in [0.1, 0.15) is 34.2 Å². The summed E-state index contributed by atoms with van der Waals surface area (Å²) in [6.45, 7) is 8.96. The average Bonchev–Trinajstić information content (AvgIpc) is 3.66. The number of aromatic nitrogens is 4. The number of ether oxygens (including phenoxy) is 2. The van der Waals surface area contributed by atoms with Gasteiger partial charge in [-0.3, -0.25) is 9.48 Å². The number of aryl methyl sites for hydroxylation is 1. The maximum absolute atomic E-state index is 13.8. The third kappa shape index (κ3) is 7.64. The first kappa shape index (κ1) is 30.9. The molecule has 1 aliphatic heterocycles. The molecule has 42 heavy (non-hydrogen) atoms. The van der Waals surface area contributed by atoms with Crippen LogP contribution in [-0.2, 0) is 21.4 Å². The minimum absolute atomic E-state index is 0.0245. The van der Waals surface area contributed by atoms with E-state index < -0.39 is 41.8 Å². The number of hydrogen-bond acceptors (Lipinski definition) is 9. The molecule has 1 saturated heterocycles. The molecule has 0 aliphatic carbocycles. The Labute approximate surface area is 248 Å². The fourth-order valence-corrected chi connectivity index (χ4v) is 5.63. The van der Waals surface area contributed by atoms with E-state index in [-0.39, 0.29) is 13.0 Å². The summed E-state index contributed by atoms with van der Waals surface area (Å²) in [5, 5.41) is 18.8. The molecule has 0 saturated carbocycles. The summed E-state index contributed by atoms with van der Waals surface area (Å²) in [6, 6.07) is 1.59. The standard InChI is InChI=1S/C29H38N6O6S/c1-6-7-8-9-10-11-20(32-28(39)41-29(2,3)4)26(36)35-17-18(16-22(35)27(37)38)40-25-23-19(13-15-42-23)31-24(33-25)21-12-14-30-34(21)5/h6,12-15,18,20,22H,1,7-11,16-17H2,2-5H3,(H,32,39)(H,37,38). The molecule has 0 bridgehead atoms. The van der Waals surface area contributed by atoms with Gasteiger partial charge in [-0.2, -0.15) is 10.1 Å². The van der Waals surface area contributed by atoms with E-state index in [4.69, 9.17) is 9.47 Å². The Hall–Kier alpha value is -4.00. The quantitative estimate of drug-likeness (QED) is 0.226. The highest BCUT2D eigenvalue weighted by Gasteiger charge is 2.43. The number of thiophene rings is 1. The van der Waals surface area contributed by atoms with Gasteiger partial charge in [0.2, 0.25) is 11.8 Å². The van der Waals surface area contributed by atoms with E-state index in [1.54, 1.807) is 44.8 Å². The summed E-state index contributed by atoms with van der Waals surface area (Å²) >= 11 is 1.42. The van der Waals surface area contributed by atoms with E-state index in [9.17, 15) is 19.5 Å². The zero-order valence-corrected chi connectivity index (χ0v) is 25.2. The molecule has 4 heterocycles. The van der Waals surface area contributed by atoms with Gasteiger partial charge in [-0.1, -0.05) is 18.9 Å². The Kier molecular flexibility index (Phi) is 9.81. The number of unbranched alkanes of at least 4 members (excludes halogenated alkanes) is 3. The number of likely N-dealkylation sites (tertiary alicyclic amines) is 1. The molecule has 13 heteroatoms. The number of rotatable bonds is 12. The molecule has 12 nitrogen and oxygen atoms in total. The highest BCUT2D eigenvalue weighted by Crippen LogP contribution is 2.33. The second kappa shape index (κ2) is 13.3. The summed E-state index contributed by atoms with van der Waals surface area (Å²) in [6.07, 6.45) is 5.80. The smallest absolute Gasteiger partial charge is 0.408 e. The highest BCUT2D eigenvalue weighted by molar-refractivity contribution is 7.17. The molecular formula is C29H38N6O6S. The van der Waals surface area contributed by atoms with Crippen molar-refractivity contribution < 1.29 is 29.0 Å². The van der Waals surface area contributed by atoms with Crippen molar-refractivity contribution in [1.29, 1.82) is 0 Å². The van der Waals surface area contributed by atoms with E-state index in [0.717, 1.165) is 24.0 Å². The van der Waals surface area contributed by atoms with Gasteiger partial charge in [0.15, 0.2) is 5.82 Å². The van der Waals surface area contributed by atoms with Crippen molar-refractivity contribution in [1.82, 2.24) is 30.0 Å². The van der Waals surface area contributed by atoms with Gasteiger partial charge >= 0.3 is 12.1 Å². The third-order valence-corrected chi connectivity index (χ3v) is 7.71. The van der Waals surface area contributed by atoms with Gasteiger partial charge in [0.25, 0.3) is 0 Å². The van der Waals surface area contributed by atoms with Gasteiger partial charge in [-0.25, -0.2) is 14.6 Å². The number of allylic oxidation sites excluding steroid dienone is 1. The van der Waals surface area contributed by atoms with Crippen molar-refractivity contribution in [2.24, 2.45) is 7.05 Å². The zero-order valence-electron chi connectivity index (χ0n) is 24.4. The summed E-state index contributed by atoms with van der Waals surface area (Å²) < 4.78 is 14.1. The van der Waals surface area contributed by atoms with Crippen LogP contribution >= 0.6 is 11.3 Å². The lowest BCUT2D eigenvalue weighted by molar-refractivity contribution is -0.149. The van der Waals surface area contributed by atoms with E-state index in [1.165, 1.54) is 16.2 Å². The minimum atomic E-state index is -1.14. The lowest BCUT2D eigenvalue weighted by atomic mass is 10.1. The van der Waals surface area contributed by atoms with Crippen molar-refractivity contribution in [2.75, 3.05) is 6.54 Å². The Morgan fingerprint density at radius 3 is 2.69 bits per heavy atom. The minimum Gasteiger partial charge on any atom is -0.480 e. The Bertz CT molecular complexity index is 1430. The first-order chi connectivity index (χ1) is 20.0. The van der Waals surface area contributed by atoms with Crippen LogP contribution in [0.25, 0.3) is 21.7 Å². The van der Waals surface area contributed by atoms with Crippen LogP contribution < -0.4 is 10.1 Å². The van der Waals surface area contributed by atoms with E-state index in [1.807, 2.05) is 17.5 Å². The number of carbonyl (C=O) groups is 3. The van der Waals surface area contributed by atoms with Crippen molar-refractivity contribution in [3.63, 3.8) is 0 Å². The number of nitrogens with one attached hydrogen (secondary N) is 1. The Morgan fingerprint density at radius 2 is 2.02 bits per heavy atom. The van der Waals surface area contributed by atoms with Crippen LogP contribution in [0.4, 0.5) is 4.79 Å². The number of hydrogen-bond donors (Lipinski definition) is 2. The molecule has 0 radical (unpaired) electrons. The average molecular weight is 599 g/mol. The van der Waals surface area contributed by atoms with Crippen LogP contribution in [0.1, 0.15) is 59.3 Å². The van der Waals surface area contributed by atoms with Crippen LogP contribution in [0.3, 0.4) is 0 Å². The van der Waals surface area contributed by atoms with E-state index in [2.05, 4.69) is 27.0 Å². The number of carboxylic acids is 1. The highest BCUT2D eigenvalue weighted by atomic mass is 32.1. The molecule has 1 fully saturated rings. The summed E-state index contributed by atoms with van der Waals surface area (Å²) in [4.78, 5) is 49.2. The largest absolute Gasteiger partial charge is 0.480 e. The number of aliphatic carboxylic acids is 1. The van der Waals surface area contributed by atoms with Crippen molar-refractivity contribution in [3.8, 4) is 17.4 Å². The van der Waals surface area contributed by atoms with E-state index >= 15 is 0 Å². The van der Waals surface area contributed by atoms with Gasteiger partial charge in [-0.15, -0.1) is 17.9 Å². The molecule has 3 atom stereocenters. The first-order valence-electron chi connectivity index (χ1n) is 14.0. The second-order valence-electron chi connectivity index (χ2n) is 11.3. The zero-order chi connectivity index (χ0) is 30.4. The van der Waals surface area contributed by atoms with Crippen molar-refractivity contribution in [2.45, 2.75) is 83.1 Å². The predicted octanol–water partition coefficient (Wildman–Crippen LogP) is 4.55. The maximum atomic E-state index is 13.8.